The first-order chi connectivity index (χ1) is 7.74. The van der Waals surface area contributed by atoms with Crippen molar-refractivity contribution in [1.82, 2.24) is 10.2 Å². The van der Waals surface area contributed by atoms with Crippen molar-refractivity contribution in [3.8, 4) is 0 Å². The van der Waals surface area contributed by atoms with Gasteiger partial charge in [-0.25, -0.2) is 0 Å². The van der Waals surface area contributed by atoms with Crippen molar-refractivity contribution >= 4 is 0 Å². The summed E-state index contributed by atoms with van der Waals surface area (Å²) >= 11 is 0. The Morgan fingerprint density at radius 2 is 2.19 bits per heavy atom. The molecule has 0 aromatic heterocycles. The molecule has 0 amide bonds. The summed E-state index contributed by atoms with van der Waals surface area (Å²) in [5.41, 5.74) is 0.573. The van der Waals surface area contributed by atoms with Crippen LogP contribution in [-0.4, -0.2) is 50.8 Å². The second-order valence-electron chi connectivity index (χ2n) is 5.67. The van der Waals surface area contributed by atoms with Crippen molar-refractivity contribution in [2.24, 2.45) is 5.41 Å². The smallest absolute Gasteiger partial charge is 0.0670 e. The monoisotopic (exact) mass is 226 g/mol. The minimum atomic E-state index is 0.367. The molecule has 2 aliphatic rings. The molecule has 94 valence electrons. The summed E-state index contributed by atoms with van der Waals surface area (Å²) in [5.74, 6) is 0. The number of hydrogen-bond acceptors (Lipinski definition) is 3. The van der Waals surface area contributed by atoms with Gasteiger partial charge in [-0.05, 0) is 51.1 Å². The molecule has 2 fully saturated rings. The van der Waals surface area contributed by atoms with Gasteiger partial charge in [0.15, 0.2) is 0 Å². The molecule has 0 aromatic carbocycles. The van der Waals surface area contributed by atoms with Crippen LogP contribution in [0.15, 0.2) is 0 Å². The molecule has 2 heterocycles. The van der Waals surface area contributed by atoms with Crippen molar-refractivity contribution < 1.29 is 4.74 Å². The van der Waals surface area contributed by atoms with Gasteiger partial charge in [0.25, 0.3) is 0 Å². The highest BCUT2D eigenvalue weighted by Gasteiger charge is 2.36. The number of ether oxygens (including phenoxy) is 1. The van der Waals surface area contributed by atoms with Gasteiger partial charge in [-0.2, -0.15) is 0 Å². The first-order valence-corrected chi connectivity index (χ1v) is 6.70. The van der Waals surface area contributed by atoms with Gasteiger partial charge in [0, 0.05) is 26.7 Å². The van der Waals surface area contributed by atoms with E-state index in [2.05, 4.69) is 17.1 Å². The number of rotatable bonds is 3. The van der Waals surface area contributed by atoms with Crippen LogP contribution in [0, 0.1) is 5.41 Å². The summed E-state index contributed by atoms with van der Waals surface area (Å²) in [5, 5.41) is 3.58. The van der Waals surface area contributed by atoms with E-state index in [9.17, 15) is 0 Å². The van der Waals surface area contributed by atoms with E-state index in [1.165, 1.54) is 51.9 Å². The lowest BCUT2D eigenvalue weighted by molar-refractivity contribution is 0.0212. The van der Waals surface area contributed by atoms with Gasteiger partial charge >= 0.3 is 0 Å². The zero-order chi connectivity index (χ0) is 11.4. The van der Waals surface area contributed by atoms with E-state index in [1.807, 2.05) is 7.11 Å². The lowest BCUT2D eigenvalue weighted by Gasteiger charge is -2.46. The maximum absolute atomic E-state index is 5.37. The molecule has 0 aromatic rings. The van der Waals surface area contributed by atoms with Crippen LogP contribution in [0.2, 0.25) is 0 Å². The van der Waals surface area contributed by atoms with E-state index in [-0.39, 0.29) is 0 Å². The molecule has 0 bridgehead atoms. The Hall–Kier alpha value is -0.120. The third-order valence-corrected chi connectivity index (χ3v) is 4.22. The lowest BCUT2D eigenvalue weighted by Crippen LogP contribution is -2.52. The second-order valence-corrected chi connectivity index (χ2v) is 5.67. The summed E-state index contributed by atoms with van der Waals surface area (Å²) in [6.07, 6.45) is 5.91. The Morgan fingerprint density at radius 1 is 1.38 bits per heavy atom. The fourth-order valence-electron chi connectivity index (χ4n) is 3.28. The van der Waals surface area contributed by atoms with Gasteiger partial charge in [-0.3, -0.25) is 0 Å². The summed E-state index contributed by atoms with van der Waals surface area (Å²) < 4.78 is 5.37. The van der Waals surface area contributed by atoms with Crippen LogP contribution < -0.4 is 5.32 Å². The normalized spacial score (nSPS) is 34.1. The molecule has 2 rings (SSSR count). The zero-order valence-electron chi connectivity index (χ0n) is 10.8. The van der Waals surface area contributed by atoms with Gasteiger partial charge in [-0.15, -0.1) is 0 Å². The van der Waals surface area contributed by atoms with E-state index < -0.39 is 0 Å². The molecule has 1 spiro atoms. The van der Waals surface area contributed by atoms with Crippen LogP contribution in [0.3, 0.4) is 0 Å². The molecule has 0 saturated carbocycles. The molecule has 2 unspecified atom stereocenters. The van der Waals surface area contributed by atoms with Gasteiger partial charge in [-0.1, -0.05) is 0 Å². The van der Waals surface area contributed by atoms with Crippen molar-refractivity contribution in [3.05, 3.63) is 0 Å². The summed E-state index contributed by atoms with van der Waals surface area (Å²) in [6, 6.07) is 0. The topological polar surface area (TPSA) is 24.5 Å². The largest absolute Gasteiger partial charge is 0.380 e. The first-order valence-electron chi connectivity index (χ1n) is 6.70. The van der Waals surface area contributed by atoms with E-state index in [0.29, 0.717) is 11.5 Å². The van der Waals surface area contributed by atoms with Crippen LogP contribution in [0.25, 0.3) is 0 Å². The molecular formula is C13H26N2O. The standard InChI is InChI=1S/C13H26N2O/c1-12(16-2)9-15-8-4-6-13(11-15)5-3-7-14-10-13/h12,14H,3-11H2,1-2H3. The fraction of sp³-hybridized carbons (Fsp3) is 1.00. The molecular weight excluding hydrogens is 200 g/mol. The average Bonchev–Trinajstić information content (AvgIpc) is 2.30. The van der Waals surface area contributed by atoms with Gasteiger partial charge < -0.3 is 15.0 Å². The molecule has 2 saturated heterocycles. The predicted molar refractivity (Wildman–Crippen MR) is 66.7 cm³/mol. The highest BCUT2D eigenvalue weighted by atomic mass is 16.5. The Kier molecular flexibility index (Phi) is 4.22. The average molecular weight is 226 g/mol. The Morgan fingerprint density at radius 3 is 2.88 bits per heavy atom. The van der Waals surface area contributed by atoms with Crippen molar-refractivity contribution in [2.45, 2.75) is 38.7 Å². The molecule has 3 heteroatoms. The molecule has 16 heavy (non-hydrogen) atoms. The second kappa shape index (κ2) is 5.48. The number of methoxy groups -OCH3 is 1. The maximum Gasteiger partial charge on any atom is 0.0670 e. The van der Waals surface area contributed by atoms with E-state index in [4.69, 9.17) is 4.74 Å². The van der Waals surface area contributed by atoms with Crippen LogP contribution in [0.5, 0.6) is 0 Å². The number of nitrogens with one attached hydrogen (secondary N) is 1. The van der Waals surface area contributed by atoms with Crippen LogP contribution in [0.1, 0.15) is 32.6 Å². The van der Waals surface area contributed by atoms with Crippen molar-refractivity contribution in [3.63, 3.8) is 0 Å². The van der Waals surface area contributed by atoms with Gasteiger partial charge in [0.1, 0.15) is 0 Å². The Bertz CT molecular complexity index is 208. The van der Waals surface area contributed by atoms with Gasteiger partial charge in [0.05, 0.1) is 6.10 Å². The Labute approximate surface area is 99.5 Å². The highest BCUT2D eigenvalue weighted by molar-refractivity contribution is 4.91. The number of piperidine rings is 2. The minimum Gasteiger partial charge on any atom is -0.380 e. The lowest BCUT2D eigenvalue weighted by atomic mass is 9.74. The van der Waals surface area contributed by atoms with Crippen LogP contribution in [-0.2, 0) is 4.74 Å². The number of nitrogens with zero attached hydrogens (tertiary/aromatic N) is 1. The molecule has 2 atom stereocenters. The molecule has 1 N–H and O–H groups in total. The van der Waals surface area contributed by atoms with Gasteiger partial charge in [0.2, 0.25) is 0 Å². The third kappa shape index (κ3) is 2.96. The molecule has 0 radical (unpaired) electrons. The molecule has 0 aliphatic carbocycles. The van der Waals surface area contributed by atoms with Crippen molar-refractivity contribution in [1.29, 1.82) is 0 Å². The van der Waals surface area contributed by atoms with E-state index >= 15 is 0 Å². The predicted octanol–water partition coefficient (Wildman–Crippen LogP) is 1.49. The number of hydrogen-bond donors (Lipinski definition) is 1. The quantitative estimate of drug-likeness (QED) is 0.789. The van der Waals surface area contributed by atoms with E-state index in [1.54, 1.807) is 0 Å². The van der Waals surface area contributed by atoms with Crippen LogP contribution >= 0.6 is 0 Å². The Balaban J connectivity index is 1.87. The minimum absolute atomic E-state index is 0.367. The zero-order valence-corrected chi connectivity index (χ0v) is 10.8. The van der Waals surface area contributed by atoms with Crippen molar-refractivity contribution in [2.75, 3.05) is 39.8 Å². The SMILES string of the molecule is COC(C)CN1CCCC2(CCCNC2)C1. The maximum atomic E-state index is 5.37. The summed E-state index contributed by atoms with van der Waals surface area (Å²) in [6.45, 7) is 8.24. The molecule has 2 aliphatic heterocycles. The van der Waals surface area contributed by atoms with E-state index in [0.717, 1.165) is 6.54 Å². The highest BCUT2D eigenvalue weighted by Crippen LogP contribution is 2.35. The third-order valence-electron chi connectivity index (χ3n) is 4.22. The molecule has 3 nitrogen and oxygen atoms in total. The number of likely N-dealkylation sites (tertiary alicyclic amines) is 1. The summed E-state index contributed by atoms with van der Waals surface area (Å²) in [4.78, 5) is 2.60. The first kappa shape index (κ1) is 12.3. The fourth-order valence-corrected chi connectivity index (χ4v) is 3.28. The summed E-state index contributed by atoms with van der Waals surface area (Å²) in [7, 11) is 1.81. The van der Waals surface area contributed by atoms with Crippen LogP contribution in [0.4, 0.5) is 0 Å².